The number of aryl methyl sites for hydroxylation is 1. The van der Waals surface area contributed by atoms with Gasteiger partial charge in [-0.15, -0.1) is 0 Å². The number of benzene rings is 1. The lowest BCUT2D eigenvalue weighted by Crippen LogP contribution is -2.35. The average molecular weight is 192 g/mol. The Bertz CT molecular complexity index is 281. The third-order valence-corrected chi connectivity index (χ3v) is 2.26. The minimum Gasteiger partial charge on any atom is -0.370 e. The molecular formula is C12H20N2. The summed E-state index contributed by atoms with van der Waals surface area (Å²) in [6.07, 6.45) is 0. The fourth-order valence-electron chi connectivity index (χ4n) is 1.59. The summed E-state index contributed by atoms with van der Waals surface area (Å²) in [5.74, 6) is 0. The maximum Gasteiger partial charge on any atom is 0.0369 e. The molecule has 0 spiro atoms. The first-order valence-corrected chi connectivity index (χ1v) is 5.20. The standard InChI is InChI=1S/C12H20N2/c1-4-14(9-11(3)13)12-7-5-6-10(2)8-12/h5-8,11H,4,9,13H2,1-3H3. The van der Waals surface area contributed by atoms with E-state index in [0.29, 0.717) is 0 Å². The minimum absolute atomic E-state index is 0.218. The van der Waals surface area contributed by atoms with Gasteiger partial charge in [-0.3, -0.25) is 0 Å². The van der Waals surface area contributed by atoms with Gasteiger partial charge in [-0.05, 0) is 38.5 Å². The SMILES string of the molecule is CCN(CC(C)N)c1cccc(C)c1. The zero-order valence-electron chi connectivity index (χ0n) is 9.33. The number of hydrogen-bond donors (Lipinski definition) is 1. The molecule has 1 aromatic carbocycles. The van der Waals surface area contributed by atoms with E-state index in [4.69, 9.17) is 5.73 Å². The number of nitrogens with zero attached hydrogens (tertiary/aromatic N) is 1. The van der Waals surface area contributed by atoms with Crippen molar-refractivity contribution >= 4 is 5.69 Å². The Morgan fingerprint density at radius 1 is 1.43 bits per heavy atom. The molecule has 2 N–H and O–H groups in total. The van der Waals surface area contributed by atoms with Crippen LogP contribution in [0, 0.1) is 6.92 Å². The van der Waals surface area contributed by atoms with Crippen molar-refractivity contribution in [2.24, 2.45) is 5.73 Å². The van der Waals surface area contributed by atoms with Gasteiger partial charge < -0.3 is 10.6 Å². The van der Waals surface area contributed by atoms with Crippen LogP contribution in [-0.4, -0.2) is 19.1 Å². The molecule has 0 saturated carbocycles. The molecule has 0 fully saturated rings. The largest absolute Gasteiger partial charge is 0.370 e. The zero-order valence-corrected chi connectivity index (χ0v) is 9.33. The van der Waals surface area contributed by atoms with Crippen molar-refractivity contribution in [1.82, 2.24) is 0 Å². The molecule has 1 unspecified atom stereocenters. The molecule has 1 aromatic rings. The normalized spacial score (nSPS) is 12.6. The van der Waals surface area contributed by atoms with E-state index in [9.17, 15) is 0 Å². The van der Waals surface area contributed by atoms with Crippen LogP contribution in [0.25, 0.3) is 0 Å². The topological polar surface area (TPSA) is 29.3 Å². The molecule has 2 nitrogen and oxygen atoms in total. The first kappa shape index (κ1) is 11.1. The van der Waals surface area contributed by atoms with Crippen molar-refractivity contribution < 1.29 is 0 Å². The molecule has 0 aliphatic rings. The summed E-state index contributed by atoms with van der Waals surface area (Å²) >= 11 is 0. The molecule has 1 rings (SSSR count). The lowest BCUT2D eigenvalue weighted by molar-refractivity contribution is 0.689. The van der Waals surface area contributed by atoms with Gasteiger partial charge >= 0.3 is 0 Å². The molecule has 0 aliphatic carbocycles. The minimum atomic E-state index is 0.218. The summed E-state index contributed by atoms with van der Waals surface area (Å²) in [7, 11) is 0. The number of nitrogens with two attached hydrogens (primary N) is 1. The van der Waals surface area contributed by atoms with Crippen molar-refractivity contribution in [3.63, 3.8) is 0 Å². The Hall–Kier alpha value is -1.02. The summed E-state index contributed by atoms with van der Waals surface area (Å²) in [5.41, 5.74) is 8.37. The Morgan fingerprint density at radius 3 is 2.64 bits per heavy atom. The van der Waals surface area contributed by atoms with E-state index in [1.54, 1.807) is 0 Å². The first-order chi connectivity index (χ1) is 6.63. The third kappa shape index (κ3) is 3.04. The van der Waals surface area contributed by atoms with Crippen molar-refractivity contribution in [2.75, 3.05) is 18.0 Å². The molecule has 0 bridgehead atoms. The lowest BCUT2D eigenvalue weighted by Gasteiger charge is -2.25. The van der Waals surface area contributed by atoms with E-state index in [1.807, 2.05) is 6.92 Å². The van der Waals surface area contributed by atoms with Gasteiger partial charge in [0.05, 0.1) is 0 Å². The molecule has 0 radical (unpaired) electrons. The van der Waals surface area contributed by atoms with Crippen LogP contribution in [-0.2, 0) is 0 Å². The Labute approximate surface area is 86.7 Å². The van der Waals surface area contributed by atoms with Crippen LogP contribution in [0.1, 0.15) is 19.4 Å². The Morgan fingerprint density at radius 2 is 2.14 bits per heavy atom. The maximum absolute atomic E-state index is 5.80. The van der Waals surface area contributed by atoms with E-state index < -0.39 is 0 Å². The van der Waals surface area contributed by atoms with Gasteiger partial charge in [0.15, 0.2) is 0 Å². The lowest BCUT2D eigenvalue weighted by atomic mass is 10.2. The molecule has 0 amide bonds. The van der Waals surface area contributed by atoms with Crippen LogP contribution in [0.3, 0.4) is 0 Å². The van der Waals surface area contributed by atoms with Crippen molar-refractivity contribution in [1.29, 1.82) is 0 Å². The molecular weight excluding hydrogens is 172 g/mol. The molecule has 0 aliphatic heterocycles. The second-order valence-electron chi connectivity index (χ2n) is 3.85. The highest BCUT2D eigenvalue weighted by atomic mass is 15.1. The fraction of sp³-hybridized carbons (Fsp3) is 0.500. The Kier molecular flexibility index (Phi) is 3.96. The third-order valence-electron chi connectivity index (χ3n) is 2.26. The number of rotatable bonds is 4. The van der Waals surface area contributed by atoms with E-state index >= 15 is 0 Å². The Balaban J connectivity index is 2.78. The maximum atomic E-state index is 5.80. The van der Waals surface area contributed by atoms with Gasteiger partial charge in [-0.1, -0.05) is 12.1 Å². The highest BCUT2D eigenvalue weighted by molar-refractivity contribution is 5.48. The number of likely N-dealkylation sites (N-methyl/N-ethyl adjacent to an activating group) is 1. The van der Waals surface area contributed by atoms with E-state index in [2.05, 4.69) is 43.0 Å². The zero-order chi connectivity index (χ0) is 10.6. The molecule has 78 valence electrons. The van der Waals surface area contributed by atoms with Gasteiger partial charge in [-0.2, -0.15) is 0 Å². The highest BCUT2D eigenvalue weighted by Gasteiger charge is 2.05. The number of anilines is 1. The van der Waals surface area contributed by atoms with E-state index in [-0.39, 0.29) is 6.04 Å². The van der Waals surface area contributed by atoms with Gasteiger partial charge in [-0.25, -0.2) is 0 Å². The average Bonchev–Trinajstić information content (AvgIpc) is 2.14. The monoisotopic (exact) mass is 192 g/mol. The predicted octanol–water partition coefficient (Wildman–Crippen LogP) is 2.17. The van der Waals surface area contributed by atoms with Crippen LogP contribution in [0.5, 0.6) is 0 Å². The van der Waals surface area contributed by atoms with Crippen LogP contribution in [0.4, 0.5) is 5.69 Å². The molecule has 0 saturated heterocycles. The van der Waals surface area contributed by atoms with Crippen LogP contribution < -0.4 is 10.6 Å². The summed E-state index contributed by atoms with van der Waals surface area (Å²) in [6.45, 7) is 8.23. The molecule has 2 heteroatoms. The van der Waals surface area contributed by atoms with Gasteiger partial charge in [0, 0.05) is 24.8 Å². The molecule has 0 aromatic heterocycles. The van der Waals surface area contributed by atoms with Gasteiger partial charge in [0.2, 0.25) is 0 Å². The van der Waals surface area contributed by atoms with Gasteiger partial charge in [0.25, 0.3) is 0 Å². The summed E-state index contributed by atoms with van der Waals surface area (Å²) in [4.78, 5) is 2.30. The first-order valence-electron chi connectivity index (χ1n) is 5.20. The summed E-state index contributed by atoms with van der Waals surface area (Å²) < 4.78 is 0. The van der Waals surface area contributed by atoms with Gasteiger partial charge in [0.1, 0.15) is 0 Å². The number of hydrogen-bond acceptors (Lipinski definition) is 2. The second-order valence-corrected chi connectivity index (χ2v) is 3.85. The van der Waals surface area contributed by atoms with Crippen LogP contribution in [0.2, 0.25) is 0 Å². The molecule has 14 heavy (non-hydrogen) atoms. The van der Waals surface area contributed by atoms with Crippen LogP contribution in [0.15, 0.2) is 24.3 Å². The predicted molar refractivity (Wildman–Crippen MR) is 62.7 cm³/mol. The molecule has 0 heterocycles. The second kappa shape index (κ2) is 5.01. The highest BCUT2D eigenvalue weighted by Crippen LogP contribution is 2.15. The smallest absolute Gasteiger partial charge is 0.0369 e. The van der Waals surface area contributed by atoms with Crippen molar-refractivity contribution in [2.45, 2.75) is 26.8 Å². The molecule has 1 atom stereocenters. The van der Waals surface area contributed by atoms with Crippen LogP contribution >= 0.6 is 0 Å². The van der Waals surface area contributed by atoms with Crippen molar-refractivity contribution in [3.05, 3.63) is 29.8 Å². The quantitative estimate of drug-likeness (QED) is 0.792. The van der Waals surface area contributed by atoms with E-state index in [1.165, 1.54) is 11.3 Å². The van der Waals surface area contributed by atoms with Crippen molar-refractivity contribution in [3.8, 4) is 0 Å². The summed E-state index contributed by atoms with van der Waals surface area (Å²) in [5, 5.41) is 0. The van der Waals surface area contributed by atoms with E-state index in [0.717, 1.165) is 13.1 Å². The fourth-order valence-corrected chi connectivity index (χ4v) is 1.59. The summed E-state index contributed by atoms with van der Waals surface area (Å²) in [6, 6.07) is 8.76.